The lowest BCUT2D eigenvalue weighted by Gasteiger charge is -2.31. The number of hydrogen-bond donors (Lipinski definition) is 1. The van der Waals surface area contributed by atoms with E-state index < -0.39 is 0 Å². The molecular weight excluding hydrogens is 262 g/mol. The molecule has 0 radical (unpaired) electrons. The largest absolute Gasteiger partial charge is 0.337 e. The Morgan fingerprint density at radius 2 is 1.95 bits per heavy atom. The van der Waals surface area contributed by atoms with E-state index >= 15 is 0 Å². The minimum Gasteiger partial charge on any atom is -0.337 e. The maximum atomic E-state index is 5.54. The molecule has 0 amide bonds. The second-order valence-electron chi connectivity index (χ2n) is 6.01. The quantitative estimate of drug-likeness (QED) is 0.903. The van der Waals surface area contributed by atoms with E-state index in [4.69, 9.17) is 4.52 Å². The number of halogens is 1. The molecule has 1 N–H and O–H groups in total. The number of hydrogen-bond acceptors (Lipinski definition) is 4. The molecule has 1 saturated heterocycles. The van der Waals surface area contributed by atoms with Gasteiger partial charge in [-0.1, -0.05) is 24.4 Å². The second kappa shape index (κ2) is 6.23. The Kier molecular flexibility index (Phi) is 4.85. The Morgan fingerprint density at radius 1 is 1.16 bits per heavy atom. The van der Waals surface area contributed by atoms with Crippen LogP contribution in [-0.4, -0.2) is 16.7 Å². The Bertz CT molecular complexity index is 395. The summed E-state index contributed by atoms with van der Waals surface area (Å²) < 4.78 is 5.54. The summed E-state index contributed by atoms with van der Waals surface area (Å²) in [6, 6.07) is 0. The fourth-order valence-corrected chi connectivity index (χ4v) is 3.22. The van der Waals surface area contributed by atoms with Crippen molar-refractivity contribution >= 4 is 12.4 Å². The van der Waals surface area contributed by atoms with Crippen LogP contribution < -0.4 is 5.32 Å². The lowest BCUT2D eigenvalue weighted by molar-refractivity contribution is 0.206. The molecule has 19 heavy (non-hydrogen) atoms. The molecule has 108 valence electrons. The van der Waals surface area contributed by atoms with Crippen LogP contribution in [0, 0.1) is 0 Å². The second-order valence-corrected chi connectivity index (χ2v) is 6.01. The van der Waals surface area contributed by atoms with Gasteiger partial charge in [0.25, 0.3) is 0 Å². The van der Waals surface area contributed by atoms with E-state index in [1.807, 2.05) is 0 Å². The average molecular weight is 286 g/mol. The molecular formula is C14H24ClN3O. The van der Waals surface area contributed by atoms with Gasteiger partial charge in [-0.2, -0.15) is 4.98 Å². The van der Waals surface area contributed by atoms with Crippen LogP contribution in [0.5, 0.6) is 0 Å². The van der Waals surface area contributed by atoms with Crippen molar-refractivity contribution in [1.82, 2.24) is 15.5 Å². The zero-order valence-electron chi connectivity index (χ0n) is 11.7. The van der Waals surface area contributed by atoms with Crippen LogP contribution in [-0.2, 0) is 5.54 Å². The predicted octanol–water partition coefficient (Wildman–Crippen LogP) is 3.53. The molecule has 1 aliphatic heterocycles. The summed E-state index contributed by atoms with van der Waals surface area (Å²) in [5.74, 6) is 2.27. The zero-order chi connectivity index (χ0) is 12.4. The van der Waals surface area contributed by atoms with Crippen LogP contribution in [0.3, 0.4) is 0 Å². The molecule has 1 atom stereocenters. The Hall–Kier alpha value is -0.610. The predicted molar refractivity (Wildman–Crippen MR) is 76.6 cm³/mol. The van der Waals surface area contributed by atoms with Gasteiger partial charge in [-0.15, -0.1) is 12.4 Å². The summed E-state index contributed by atoms with van der Waals surface area (Å²) in [5, 5.41) is 7.77. The highest BCUT2D eigenvalue weighted by Gasteiger charge is 2.35. The van der Waals surface area contributed by atoms with Crippen LogP contribution in [0.15, 0.2) is 4.52 Å². The van der Waals surface area contributed by atoms with Crippen molar-refractivity contribution in [2.45, 2.75) is 69.7 Å². The highest BCUT2D eigenvalue weighted by atomic mass is 35.5. The van der Waals surface area contributed by atoms with Crippen molar-refractivity contribution in [3.05, 3.63) is 11.7 Å². The van der Waals surface area contributed by atoms with E-state index in [1.165, 1.54) is 44.9 Å². The average Bonchev–Trinajstić information content (AvgIpc) is 2.91. The van der Waals surface area contributed by atoms with E-state index in [2.05, 4.69) is 22.4 Å². The van der Waals surface area contributed by atoms with Gasteiger partial charge in [0.05, 0.1) is 5.54 Å². The number of piperidine rings is 1. The van der Waals surface area contributed by atoms with Gasteiger partial charge in [0.1, 0.15) is 0 Å². The summed E-state index contributed by atoms with van der Waals surface area (Å²) in [4.78, 5) is 4.69. The maximum Gasteiger partial charge on any atom is 0.246 e. The van der Waals surface area contributed by atoms with Crippen LogP contribution >= 0.6 is 12.4 Å². The molecule has 1 aliphatic carbocycles. The van der Waals surface area contributed by atoms with Gasteiger partial charge in [-0.25, -0.2) is 0 Å². The van der Waals surface area contributed by atoms with Crippen LogP contribution in [0.2, 0.25) is 0 Å². The molecule has 1 saturated carbocycles. The number of nitrogens with zero attached hydrogens (tertiary/aromatic N) is 2. The van der Waals surface area contributed by atoms with Crippen molar-refractivity contribution in [3.63, 3.8) is 0 Å². The van der Waals surface area contributed by atoms with Gasteiger partial charge in [0.15, 0.2) is 5.82 Å². The third-order valence-electron chi connectivity index (χ3n) is 4.50. The third kappa shape index (κ3) is 3.11. The fraction of sp³-hybridized carbons (Fsp3) is 0.857. The van der Waals surface area contributed by atoms with E-state index in [0.717, 1.165) is 24.7 Å². The van der Waals surface area contributed by atoms with E-state index in [0.29, 0.717) is 5.92 Å². The van der Waals surface area contributed by atoms with Crippen LogP contribution in [0.4, 0.5) is 0 Å². The molecule has 3 rings (SSSR count). The molecule has 0 aromatic carbocycles. The number of rotatable bonds is 2. The van der Waals surface area contributed by atoms with Gasteiger partial charge < -0.3 is 9.84 Å². The Balaban J connectivity index is 0.00000133. The molecule has 4 nitrogen and oxygen atoms in total. The fourth-order valence-electron chi connectivity index (χ4n) is 3.22. The smallest absolute Gasteiger partial charge is 0.246 e. The minimum absolute atomic E-state index is 0. The van der Waals surface area contributed by atoms with Crippen molar-refractivity contribution in [2.24, 2.45) is 0 Å². The Labute approximate surface area is 121 Å². The SMILES string of the molecule is CC1(c2nc(C3CCCCC3)no2)CCCCN1.Cl. The summed E-state index contributed by atoms with van der Waals surface area (Å²) in [5.41, 5.74) is -0.0990. The molecule has 0 spiro atoms. The summed E-state index contributed by atoms with van der Waals surface area (Å²) in [7, 11) is 0. The minimum atomic E-state index is -0.0990. The first-order valence-electron chi connectivity index (χ1n) is 7.37. The van der Waals surface area contributed by atoms with Gasteiger partial charge in [-0.3, -0.25) is 0 Å². The standard InChI is InChI=1S/C14H23N3O.ClH/c1-14(9-5-6-10-15-14)13-16-12(17-18-13)11-7-3-2-4-8-11;/h11,15H,2-10H2,1H3;1H. The molecule has 1 aromatic rings. The van der Waals surface area contributed by atoms with Crippen molar-refractivity contribution in [3.8, 4) is 0 Å². The van der Waals surface area contributed by atoms with Crippen LogP contribution in [0.1, 0.15) is 75.9 Å². The molecule has 0 bridgehead atoms. The maximum absolute atomic E-state index is 5.54. The molecule has 2 aliphatic rings. The first-order valence-corrected chi connectivity index (χ1v) is 7.37. The molecule has 1 unspecified atom stereocenters. The molecule has 2 fully saturated rings. The lowest BCUT2D eigenvalue weighted by atomic mass is 9.88. The highest BCUT2D eigenvalue weighted by molar-refractivity contribution is 5.85. The molecule has 2 heterocycles. The Morgan fingerprint density at radius 3 is 2.63 bits per heavy atom. The molecule has 5 heteroatoms. The van der Waals surface area contributed by atoms with Crippen LogP contribution in [0.25, 0.3) is 0 Å². The van der Waals surface area contributed by atoms with E-state index in [-0.39, 0.29) is 17.9 Å². The zero-order valence-corrected chi connectivity index (χ0v) is 12.5. The van der Waals surface area contributed by atoms with E-state index in [1.54, 1.807) is 0 Å². The normalized spacial score (nSPS) is 28.9. The number of nitrogens with one attached hydrogen (secondary N) is 1. The summed E-state index contributed by atoms with van der Waals surface area (Å²) in [6.45, 7) is 3.24. The monoisotopic (exact) mass is 285 g/mol. The van der Waals surface area contributed by atoms with Crippen molar-refractivity contribution in [1.29, 1.82) is 0 Å². The van der Waals surface area contributed by atoms with Gasteiger partial charge in [0.2, 0.25) is 5.89 Å². The van der Waals surface area contributed by atoms with Gasteiger partial charge in [0, 0.05) is 5.92 Å². The van der Waals surface area contributed by atoms with Crippen molar-refractivity contribution in [2.75, 3.05) is 6.54 Å². The van der Waals surface area contributed by atoms with Gasteiger partial charge in [-0.05, 0) is 45.6 Å². The topological polar surface area (TPSA) is 51.0 Å². The number of aromatic nitrogens is 2. The van der Waals surface area contributed by atoms with Crippen molar-refractivity contribution < 1.29 is 4.52 Å². The molecule has 1 aromatic heterocycles. The first kappa shape index (κ1) is 14.8. The summed E-state index contributed by atoms with van der Waals surface area (Å²) in [6.07, 6.45) is 10.0. The first-order chi connectivity index (χ1) is 8.78. The third-order valence-corrected chi connectivity index (χ3v) is 4.50. The van der Waals surface area contributed by atoms with E-state index in [9.17, 15) is 0 Å². The highest BCUT2D eigenvalue weighted by Crippen LogP contribution is 2.33. The lowest BCUT2D eigenvalue weighted by Crippen LogP contribution is -2.43. The summed E-state index contributed by atoms with van der Waals surface area (Å²) >= 11 is 0. The van der Waals surface area contributed by atoms with Gasteiger partial charge >= 0.3 is 0 Å².